The van der Waals surface area contributed by atoms with Gasteiger partial charge in [-0.2, -0.15) is 0 Å². The van der Waals surface area contributed by atoms with Gasteiger partial charge in [0.15, 0.2) is 0 Å². The van der Waals surface area contributed by atoms with Gasteiger partial charge in [-0.05, 0) is 37.6 Å². The van der Waals surface area contributed by atoms with Crippen LogP contribution in [0.1, 0.15) is 19.4 Å². The maximum absolute atomic E-state index is 12.2. The monoisotopic (exact) mass is 393 g/mol. The molecule has 0 saturated heterocycles. The smallest absolute Gasteiger partial charge is 0.270 e. The average Bonchev–Trinajstić information content (AvgIpc) is 2.62. The van der Waals surface area contributed by atoms with Gasteiger partial charge in [-0.25, -0.2) is 13.1 Å². The molecule has 0 heterocycles. The number of rotatable bonds is 10. The van der Waals surface area contributed by atoms with E-state index in [4.69, 9.17) is 4.74 Å². The van der Waals surface area contributed by atoms with E-state index < -0.39 is 14.9 Å². The molecule has 9 heteroatoms. The normalized spacial score (nSPS) is 11.5. The molecule has 0 aliphatic rings. The molecule has 2 rings (SSSR count). The van der Waals surface area contributed by atoms with Gasteiger partial charge in [0.2, 0.25) is 10.0 Å². The average molecular weight is 393 g/mol. The summed E-state index contributed by atoms with van der Waals surface area (Å²) in [6, 6.07) is 12.6. The highest BCUT2D eigenvalue weighted by Gasteiger charge is 2.16. The van der Waals surface area contributed by atoms with Crippen LogP contribution in [0.3, 0.4) is 0 Å². The summed E-state index contributed by atoms with van der Waals surface area (Å²) in [5.74, 6) is 0.804. The van der Waals surface area contributed by atoms with E-state index in [9.17, 15) is 18.5 Å². The molecule has 0 bridgehead atoms. The van der Waals surface area contributed by atoms with Crippen LogP contribution in [0.2, 0.25) is 0 Å². The number of nitrogens with zero attached hydrogens (tertiary/aromatic N) is 1. The molecular formula is C18H23N3O5S. The summed E-state index contributed by atoms with van der Waals surface area (Å²) >= 11 is 0. The molecule has 0 fully saturated rings. The fourth-order valence-corrected chi connectivity index (χ4v) is 3.38. The van der Waals surface area contributed by atoms with Gasteiger partial charge in [0, 0.05) is 31.8 Å². The first kappa shape index (κ1) is 20.8. The van der Waals surface area contributed by atoms with Crippen LogP contribution in [0.15, 0.2) is 53.4 Å². The third-order valence-electron chi connectivity index (χ3n) is 3.56. The van der Waals surface area contributed by atoms with Crippen LogP contribution in [-0.2, 0) is 16.6 Å². The van der Waals surface area contributed by atoms with Crippen LogP contribution < -0.4 is 14.8 Å². The zero-order chi connectivity index (χ0) is 19.9. The molecule has 2 aromatic carbocycles. The number of nitro benzene ring substituents is 1. The molecule has 2 N–H and O–H groups in total. The summed E-state index contributed by atoms with van der Waals surface area (Å²) < 4.78 is 32.4. The zero-order valence-electron chi connectivity index (χ0n) is 15.2. The first-order valence-electron chi connectivity index (χ1n) is 8.48. The van der Waals surface area contributed by atoms with Gasteiger partial charge in [0.1, 0.15) is 5.75 Å². The minimum absolute atomic E-state index is 0.119. The molecule has 146 valence electrons. The topological polar surface area (TPSA) is 111 Å². The lowest BCUT2D eigenvalue weighted by atomic mass is 10.2. The van der Waals surface area contributed by atoms with Crippen LogP contribution in [-0.4, -0.2) is 32.5 Å². The zero-order valence-corrected chi connectivity index (χ0v) is 16.0. The molecular weight excluding hydrogens is 370 g/mol. The first-order chi connectivity index (χ1) is 12.8. The minimum atomic E-state index is -3.79. The summed E-state index contributed by atoms with van der Waals surface area (Å²) in [6.45, 7) is 5.09. The second kappa shape index (κ2) is 9.45. The summed E-state index contributed by atoms with van der Waals surface area (Å²) in [7, 11) is -3.79. The highest BCUT2D eigenvalue weighted by Crippen LogP contribution is 2.17. The van der Waals surface area contributed by atoms with Crippen molar-refractivity contribution in [2.75, 3.05) is 13.1 Å². The quantitative estimate of drug-likeness (QED) is 0.364. The van der Waals surface area contributed by atoms with Crippen molar-refractivity contribution < 1.29 is 18.1 Å². The van der Waals surface area contributed by atoms with Crippen LogP contribution in [0.5, 0.6) is 5.75 Å². The highest BCUT2D eigenvalue weighted by atomic mass is 32.2. The molecule has 0 amide bonds. The summed E-state index contributed by atoms with van der Waals surface area (Å²) in [5.41, 5.74) is 0.786. The van der Waals surface area contributed by atoms with Gasteiger partial charge in [0.05, 0.1) is 15.9 Å². The van der Waals surface area contributed by atoms with Crippen molar-refractivity contribution in [1.29, 1.82) is 0 Å². The predicted octanol–water partition coefficient (Wildman–Crippen LogP) is 2.45. The van der Waals surface area contributed by atoms with Crippen molar-refractivity contribution >= 4 is 15.7 Å². The van der Waals surface area contributed by atoms with E-state index in [-0.39, 0.29) is 23.2 Å². The number of nitro groups is 1. The number of nitrogens with one attached hydrogen (secondary N) is 2. The molecule has 8 nitrogen and oxygen atoms in total. The number of ether oxygens (including phenoxy) is 1. The van der Waals surface area contributed by atoms with Crippen molar-refractivity contribution in [2.45, 2.75) is 31.4 Å². The fraction of sp³-hybridized carbons (Fsp3) is 0.333. The van der Waals surface area contributed by atoms with Gasteiger partial charge < -0.3 is 10.1 Å². The molecule has 0 saturated carbocycles. The summed E-state index contributed by atoms with van der Waals surface area (Å²) in [5, 5.41) is 13.9. The Balaban J connectivity index is 1.79. The Morgan fingerprint density at radius 2 is 1.81 bits per heavy atom. The first-order valence-corrected chi connectivity index (χ1v) is 9.96. The number of sulfonamides is 1. The number of benzene rings is 2. The van der Waals surface area contributed by atoms with Crippen LogP contribution in [0.25, 0.3) is 0 Å². The van der Waals surface area contributed by atoms with Crippen molar-refractivity contribution in [3.63, 3.8) is 0 Å². The number of hydrogen-bond acceptors (Lipinski definition) is 6. The van der Waals surface area contributed by atoms with E-state index in [0.29, 0.717) is 13.1 Å². The molecule has 0 aliphatic heterocycles. The predicted molar refractivity (Wildman–Crippen MR) is 102 cm³/mol. The maximum atomic E-state index is 12.2. The van der Waals surface area contributed by atoms with Crippen molar-refractivity contribution in [3.8, 4) is 5.75 Å². The van der Waals surface area contributed by atoms with Crippen LogP contribution in [0.4, 0.5) is 5.69 Å². The SMILES string of the molecule is CC(C)Oc1ccc(CNCCNS(=O)(=O)c2cccc([N+](=O)[O-])c2)cc1. The second-order valence-electron chi connectivity index (χ2n) is 6.14. The Kier molecular flexibility index (Phi) is 7.28. The number of non-ortho nitro benzene ring substituents is 1. The minimum Gasteiger partial charge on any atom is -0.491 e. The Labute approximate surface area is 158 Å². The van der Waals surface area contributed by atoms with Crippen molar-refractivity contribution in [3.05, 3.63) is 64.2 Å². The van der Waals surface area contributed by atoms with Crippen LogP contribution in [0, 0.1) is 10.1 Å². The van der Waals surface area contributed by atoms with Gasteiger partial charge in [-0.1, -0.05) is 18.2 Å². The Hall–Kier alpha value is -2.49. The van der Waals surface area contributed by atoms with Crippen molar-refractivity contribution in [2.24, 2.45) is 0 Å². The summed E-state index contributed by atoms with van der Waals surface area (Å²) in [6.07, 6.45) is 0.119. The van der Waals surface area contributed by atoms with E-state index in [0.717, 1.165) is 17.4 Å². The van der Waals surface area contributed by atoms with Gasteiger partial charge >= 0.3 is 0 Å². The van der Waals surface area contributed by atoms with Crippen LogP contribution >= 0.6 is 0 Å². The Morgan fingerprint density at radius 3 is 2.44 bits per heavy atom. The molecule has 2 aromatic rings. The molecule has 0 unspecified atom stereocenters. The molecule has 0 aromatic heterocycles. The number of hydrogen-bond donors (Lipinski definition) is 2. The molecule has 0 radical (unpaired) electrons. The highest BCUT2D eigenvalue weighted by molar-refractivity contribution is 7.89. The largest absolute Gasteiger partial charge is 0.491 e. The van der Waals surface area contributed by atoms with Gasteiger partial charge in [0.25, 0.3) is 5.69 Å². The Morgan fingerprint density at radius 1 is 1.11 bits per heavy atom. The lowest BCUT2D eigenvalue weighted by molar-refractivity contribution is -0.385. The molecule has 27 heavy (non-hydrogen) atoms. The van der Waals surface area contributed by atoms with Gasteiger partial charge in [-0.15, -0.1) is 0 Å². The van der Waals surface area contributed by atoms with Crippen molar-refractivity contribution in [1.82, 2.24) is 10.0 Å². The molecule has 0 aliphatic carbocycles. The van der Waals surface area contributed by atoms with E-state index in [1.54, 1.807) is 0 Å². The summed E-state index contributed by atoms with van der Waals surface area (Å²) in [4.78, 5) is 10.0. The van der Waals surface area contributed by atoms with Gasteiger partial charge in [-0.3, -0.25) is 10.1 Å². The standard InChI is InChI=1S/C18H23N3O5S/c1-14(2)26-17-8-6-15(7-9-17)13-19-10-11-20-27(24,25)18-5-3-4-16(12-18)21(22)23/h3-9,12,14,19-20H,10-11,13H2,1-2H3. The van der Waals surface area contributed by atoms with E-state index in [2.05, 4.69) is 10.0 Å². The Bertz CT molecular complexity index is 867. The van der Waals surface area contributed by atoms with E-state index >= 15 is 0 Å². The third-order valence-corrected chi connectivity index (χ3v) is 5.02. The lowest BCUT2D eigenvalue weighted by Crippen LogP contribution is -2.31. The third kappa shape index (κ3) is 6.63. The fourth-order valence-electron chi connectivity index (χ4n) is 2.31. The second-order valence-corrected chi connectivity index (χ2v) is 7.91. The molecule has 0 atom stereocenters. The lowest BCUT2D eigenvalue weighted by Gasteiger charge is -2.11. The maximum Gasteiger partial charge on any atom is 0.270 e. The van der Waals surface area contributed by atoms with E-state index in [1.165, 1.54) is 18.2 Å². The molecule has 0 spiro atoms. The van der Waals surface area contributed by atoms with E-state index in [1.807, 2.05) is 38.1 Å².